The summed E-state index contributed by atoms with van der Waals surface area (Å²) >= 11 is 15.9. The fourth-order valence-electron chi connectivity index (χ4n) is 0.984. The van der Waals surface area contributed by atoms with Gasteiger partial charge in [-0.2, -0.15) is 13.2 Å². The Balaban J connectivity index is 4.88. The molecule has 1 unspecified atom stereocenters. The van der Waals surface area contributed by atoms with Crippen LogP contribution in [0.25, 0.3) is 0 Å². The van der Waals surface area contributed by atoms with Crippen LogP contribution in [0.4, 0.5) is 18.0 Å². The highest BCUT2D eigenvalue weighted by Crippen LogP contribution is 2.28. The van der Waals surface area contributed by atoms with E-state index in [1.807, 2.05) is 0 Å². The fourth-order valence-corrected chi connectivity index (χ4v) is 1.15. The van der Waals surface area contributed by atoms with Crippen molar-refractivity contribution in [1.29, 1.82) is 0 Å². The average Bonchev–Trinajstić information content (AvgIpc) is 2.30. The van der Waals surface area contributed by atoms with Crippen molar-refractivity contribution in [2.75, 3.05) is 13.2 Å². The molecule has 1 atom stereocenters. The van der Waals surface area contributed by atoms with E-state index in [2.05, 4.69) is 16.1 Å². The Morgan fingerprint density at radius 2 is 1.76 bits per heavy atom. The second kappa shape index (κ2) is 7.95. The summed E-state index contributed by atoms with van der Waals surface area (Å²) in [6.07, 6.45) is -6.32. The summed E-state index contributed by atoms with van der Waals surface area (Å²) in [6, 6.07) is -2.16. The smallest absolute Gasteiger partial charge is 0.414 e. The molecule has 122 valence electrons. The van der Waals surface area contributed by atoms with Crippen LogP contribution in [-0.2, 0) is 14.3 Å². The van der Waals surface area contributed by atoms with Gasteiger partial charge >= 0.3 is 18.2 Å². The van der Waals surface area contributed by atoms with Crippen LogP contribution in [0.1, 0.15) is 6.92 Å². The molecule has 0 rings (SSSR count). The van der Waals surface area contributed by atoms with Crippen molar-refractivity contribution < 1.29 is 32.2 Å². The summed E-state index contributed by atoms with van der Waals surface area (Å²) in [7, 11) is 0. The van der Waals surface area contributed by atoms with Gasteiger partial charge in [-0.05, 0) is 6.92 Å². The molecular formula is C10H11Cl3F3NO4. The van der Waals surface area contributed by atoms with E-state index in [0.717, 1.165) is 0 Å². The Morgan fingerprint density at radius 3 is 2.14 bits per heavy atom. The summed E-state index contributed by atoms with van der Waals surface area (Å²) < 4.78 is 44.5. The van der Waals surface area contributed by atoms with Gasteiger partial charge in [0, 0.05) is 0 Å². The molecule has 0 aliphatic rings. The largest absolute Gasteiger partial charge is 0.464 e. The van der Waals surface area contributed by atoms with Crippen LogP contribution in [0, 0.1) is 0 Å². The molecule has 5 nitrogen and oxygen atoms in total. The zero-order valence-corrected chi connectivity index (χ0v) is 12.9. The molecule has 0 saturated carbocycles. The molecule has 0 aromatic carbocycles. The van der Waals surface area contributed by atoms with Gasteiger partial charge in [0.2, 0.25) is 3.79 Å². The van der Waals surface area contributed by atoms with E-state index in [0.29, 0.717) is 0 Å². The van der Waals surface area contributed by atoms with Gasteiger partial charge in [-0.15, -0.1) is 0 Å². The highest BCUT2D eigenvalue weighted by molar-refractivity contribution is 6.67. The van der Waals surface area contributed by atoms with E-state index in [-0.39, 0.29) is 6.61 Å². The molecule has 0 aromatic rings. The van der Waals surface area contributed by atoms with Gasteiger partial charge in [0.05, 0.1) is 12.2 Å². The van der Waals surface area contributed by atoms with Gasteiger partial charge in [0.15, 0.2) is 6.04 Å². The number of hydrogen-bond donors (Lipinski definition) is 1. The number of hydrogen-bond acceptors (Lipinski definition) is 4. The summed E-state index contributed by atoms with van der Waals surface area (Å²) in [4.78, 5) is 22.8. The standard InChI is InChI=1S/C10H11Cl3F3NO4/c1-3-20-7(18)6(5(2)10(14,15)16)17-8(19)21-4-9(11,12)13/h6H,2-4H2,1H3,(H,17,19). The molecule has 0 saturated heterocycles. The van der Waals surface area contributed by atoms with Crippen LogP contribution >= 0.6 is 34.8 Å². The van der Waals surface area contributed by atoms with E-state index < -0.39 is 40.3 Å². The lowest BCUT2D eigenvalue weighted by molar-refractivity contribution is -0.148. The number of nitrogens with one attached hydrogen (secondary N) is 1. The molecule has 0 fully saturated rings. The summed E-state index contributed by atoms with van der Waals surface area (Å²) in [6.45, 7) is 3.18. The minimum atomic E-state index is -4.92. The zero-order valence-electron chi connectivity index (χ0n) is 10.6. The van der Waals surface area contributed by atoms with E-state index in [1.165, 1.54) is 6.92 Å². The molecule has 0 bridgehead atoms. The van der Waals surface area contributed by atoms with Gasteiger partial charge in [-0.3, -0.25) is 0 Å². The Labute approximate surface area is 133 Å². The molecule has 0 radical (unpaired) electrons. The second-order valence-corrected chi connectivity index (χ2v) is 6.06. The molecule has 1 amide bonds. The van der Waals surface area contributed by atoms with Gasteiger partial charge < -0.3 is 14.8 Å². The van der Waals surface area contributed by atoms with E-state index in [9.17, 15) is 22.8 Å². The maximum Gasteiger partial charge on any atom is 0.414 e. The van der Waals surface area contributed by atoms with Crippen LogP contribution < -0.4 is 5.32 Å². The topological polar surface area (TPSA) is 64.6 Å². The third kappa shape index (κ3) is 8.23. The minimum Gasteiger partial charge on any atom is -0.464 e. The number of halogens is 6. The SMILES string of the molecule is C=C(C(NC(=O)OCC(Cl)(Cl)Cl)C(=O)OCC)C(F)(F)F. The molecule has 21 heavy (non-hydrogen) atoms. The van der Waals surface area contributed by atoms with Crippen LogP contribution in [0.3, 0.4) is 0 Å². The van der Waals surface area contributed by atoms with Crippen molar-refractivity contribution in [2.24, 2.45) is 0 Å². The molecule has 0 aromatic heterocycles. The number of carbonyl (C=O) groups is 2. The number of rotatable bonds is 5. The molecule has 0 aliphatic heterocycles. The molecule has 11 heteroatoms. The average molecular weight is 373 g/mol. The molecule has 0 heterocycles. The number of esters is 1. The van der Waals surface area contributed by atoms with Crippen molar-refractivity contribution in [3.05, 3.63) is 12.2 Å². The third-order valence-electron chi connectivity index (χ3n) is 1.86. The van der Waals surface area contributed by atoms with Gasteiger partial charge in [-0.1, -0.05) is 41.4 Å². The summed E-state index contributed by atoms with van der Waals surface area (Å²) in [5.74, 6) is -1.34. The van der Waals surface area contributed by atoms with Gasteiger partial charge in [0.1, 0.15) is 6.61 Å². The zero-order chi connectivity index (χ0) is 16.8. The predicted octanol–water partition coefficient (Wildman–Crippen LogP) is 3.13. The Bertz CT molecular complexity index is 409. The first kappa shape index (κ1) is 20.1. The maximum absolute atomic E-state index is 12.6. The Morgan fingerprint density at radius 1 is 1.24 bits per heavy atom. The lowest BCUT2D eigenvalue weighted by atomic mass is 10.1. The van der Waals surface area contributed by atoms with E-state index in [4.69, 9.17) is 34.8 Å². The van der Waals surface area contributed by atoms with Crippen LogP contribution in [-0.4, -0.2) is 41.3 Å². The van der Waals surface area contributed by atoms with Gasteiger partial charge in [-0.25, -0.2) is 9.59 Å². The molecule has 0 spiro atoms. The lowest BCUT2D eigenvalue weighted by Crippen LogP contribution is -2.46. The molecule has 0 aliphatic carbocycles. The number of ether oxygens (including phenoxy) is 2. The predicted molar refractivity (Wildman–Crippen MR) is 70.4 cm³/mol. The quantitative estimate of drug-likeness (QED) is 0.457. The first-order valence-electron chi connectivity index (χ1n) is 5.31. The second-order valence-electron chi connectivity index (χ2n) is 3.54. The Hall–Kier alpha value is -0.860. The number of carbonyl (C=O) groups excluding carboxylic acids is 2. The monoisotopic (exact) mass is 371 g/mol. The first-order chi connectivity index (χ1) is 9.38. The minimum absolute atomic E-state index is 0.189. The normalized spacial score (nSPS) is 13.3. The van der Waals surface area contributed by atoms with Crippen molar-refractivity contribution >= 4 is 46.9 Å². The van der Waals surface area contributed by atoms with Crippen molar-refractivity contribution in [1.82, 2.24) is 5.32 Å². The maximum atomic E-state index is 12.6. The number of alkyl halides is 6. The van der Waals surface area contributed by atoms with Crippen molar-refractivity contribution in [3.8, 4) is 0 Å². The summed E-state index contributed by atoms with van der Waals surface area (Å²) in [5.41, 5.74) is -1.52. The lowest BCUT2D eigenvalue weighted by Gasteiger charge is -2.21. The highest BCUT2D eigenvalue weighted by Gasteiger charge is 2.42. The van der Waals surface area contributed by atoms with Gasteiger partial charge in [0.25, 0.3) is 0 Å². The molecular weight excluding hydrogens is 361 g/mol. The van der Waals surface area contributed by atoms with Crippen LogP contribution in [0.2, 0.25) is 0 Å². The molecule has 1 N–H and O–H groups in total. The fraction of sp³-hybridized carbons (Fsp3) is 0.600. The first-order valence-corrected chi connectivity index (χ1v) is 6.44. The van der Waals surface area contributed by atoms with E-state index in [1.54, 1.807) is 5.32 Å². The number of amides is 1. The summed E-state index contributed by atoms with van der Waals surface area (Å²) in [5, 5.41) is 1.65. The van der Waals surface area contributed by atoms with E-state index >= 15 is 0 Å². The van der Waals surface area contributed by atoms with Crippen LogP contribution in [0.15, 0.2) is 12.2 Å². The third-order valence-corrected chi connectivity index (χ3v) is 2.19. The van der Waals surface area contributed by atoms with Crippen molar-refractivity contribution in [3.63, 3.8) is 0 Å². The Kier molecular flexibility index (Phi) is 7.63. The van der Waals surface area contributed by atoms with Crippen LogP contribution in [0.5, 0.6) is 0 Å². The van der Waals surface area contributed by atoms with Crippen molar-refractivity contribution in [2.45, 2.75) is 22.9 Å². The highest BCUT2D eigenvalue weighted by atomic mass is 35.6. The number of alkyl carbamates (subject to hydrolysis) is 1.